The number of sulfone groups is 1. The molecule has 0 saturated carbocycles. The van der Waals surface area contributed by atoms with Crippen molar-refractivity contribution in [1.82, 2.24) is 4.90 Å². The average Bonchev–Trinajstić information content (AvgIpc) is 2.25. The van der Waals surface area contributed by atoms with Gasteiger partial charge in [0.1, 0.15) is 15.8 Å². The van der Waals surface area contributed by atoms with Crippen molar-refractivity contribution in [2.75, 3.05) is 18.6 Å². The quantitative estimate of drug-likeness (QED) is 0.672. The molecule has 0 heterocycles. The highest BCUT2D eigenvalue weighted by Crippen LogP contribution is 2.32. The van der Waals surface area contributed by atoms with Crippen LogP contribution in [0.1, 0.15) is 20.8 Å². The van der Waals surface area contributed by atoms with Crippen molar-refractivity contribution in [2.45, 2.75) is 39.2 Å². The molecule has 120 valence electrons. The van der Waals surface area contributed by atoms with Crippen LogP contribution in [-0.4, -0.2) is 56.2 Å². The van der Waals surface area contributed by atoms with E-state index in [9.17, 15) is 30.8 Å². The maximum atomic E-state index is 13.2. The highest BCUT2D eigenvalue weighted by Gasteiger charge is 2.50. The fourth-order valence-electron chi connectivity index (χ4n) is 1.49. The van der Waals surface area contributed by atoms with Gasteiger partial charge in [-0.15, -0.1) is 0 Å². The van der Waals surface area contributed by atoms with E-state index in [1.54, 1.807) is 0 Å². The van der Waals surface area contributed by atoms with Crippen molar-refractivity contribution < 1.29 is 30.8 Å². The van der Waals surface area contributed by atoms with Gasteiger partial charge in [0.05, 0.1) is 5.75 Å². The van der Waals surface area contributed by atoms with Crippen LogP contribution in [-0.2, 0) is 14.6 Å². The lowest BCUT2D eigenvalue weighted by Crippen LogP contribution is -2.49. The molecule has 0 bridgehead atoms. The lowest BCUT2D eigenvalue weighted by Gasteiger charge is -2.32. The Morgan fingerprint density at radius 2 is 1.65 bits per heavy atom. The van der Waals surface area contributed by atoms with Gasteiger partial charge in [-0.2, -0.15) is 8.78 Å². The molecule has 9 heteroatoms. The molecule has 1 amide bonds. The molecule has 0 aliphatic heterocycles. The van der Waals surface area contributed by atoms with Crippen LogP contribution in [0.25, 0.3) is 0 Å². The van der Waals surface area contributed by atoms with E-state index in [-0.39, 0.29) is 6.54 Å². The predicted octanol–water partition coefficient (Wildman–Crippen LogP) is 1.80. The highest BCUT2D eigenvalue weighted by atomic mass is 32.2. The SMILES string of the molecule is CC(C)N(CCS(C)(=O)=O)C(=O)C(C)C(F)(F)C(F)F. The van der Waals surface area contributed by atoms with E-state index < -0.39 is 45.8 Å². The molecule has 4 nitrogen and oxygen atoms in total. The first-order chi connectivity index (χ1) is 8.80. The minimum atomic E-state index is -4.45. The summed E-state index contributed by atoms with van der Waals surface area (Å²) < 4.78 is 72.9. The Morgan fingerprint density at radius 1 is 1.20 bits per heavy atom. The standard InChI is InChI=1S/C11H19F4NO3S/c1-7(2)16(5-6-20(4,18)19)9(17)8(3)11(14,15)10(12)13/h7-8,10H,5-6H2,1-4H3. The lowest BCUT2D eigenvalue weighted by atomic mass is 10.0. The second-order valence-electron chi connectivity index (χ2n) is 4.95. The Hall–Kier alpha value is -0.860. The van der Waals surface area contributed by atoms with Crippen LogP contribution in [0.5, 0.6) is 0 Å². The number of nitrogens with zero attached hydrogens (tertiary/aromatic N) is 1. The van der Waals surface area contributed by atoms with Crippen molar-refractivity contribution in [3.8, 4) is 0 Å². The van der Waals surface area contributed by atoms with Crippen molar-refractivity contribution in [3.05, 3.63) is 0 Å². The minimum absolute atomic E-state index is 0.307. The first kappa shape index (κ1) is 19.1. The average molecular weight is 321 g/mol. The van der Waals surface area contributed by atoms with Crippen LogP contribution in [0.2, 0.25) is 0 Å². The van der Waals surface area contributed by atoms with Gasteiger partial charge in [0.25, 0.3) is 0 Å². The van der Waals surface area contributed by atoms with Gasteiger partial charge in [0.15, 0.2) is 0 Å². The molecule has 1 atom stereocenters. The summed E-state index contributed by atoms with van der Waals surface area (Å²) in [5.74, 6) is -8.27. The number of carbonyl (C=O) groups excluding carboxylic acids is 1. The summed E-state index contributed by atoms with van der Waals surface area (Å²) in [6.07, 6.45) is -3.02. The summed E-state index contributed by atoms with van der Waals surface area (Å²) >= 11 is 0. The summed E-state index contributed by atoms with van der Waals surface area (Å²) in [4.78, 5) is 12.7. The predicted molar refractivity (Wildman–Crippen MR) is 66.7 cm³/mol. The number of carbonyl (C=O) groups is 1. The Kier molecular flexibility index (Phi) is 6.44. The molecule has 0 saturated heterocycles. The van der Waals surface area contributed by atoms with E-state index in [0.717, 1.165) is 11.2 Å². The van der Waals surface area contributed by atoms with Gasteiger partial charge >= 0.3 is 12.3 Å². The van der Waals surface area contributed by atoms with Gasteiger partial charge in [-0.3, -0.25) is 4.79 Å². The van der Waals surface area contributed by atoms with Crippen LogP contribution >= 0.6 is 0 Å². The molecule has 0 radical (unpaired) electrons. The smallest absolute Gasteiger partial charge is 0.318 e. The van der Waals surface area contributed by atoms with Crippen LogP contribution in [0, 0.1) is 5.92 Å². The van der Waals surface area contributed by atoms with Gasteiger partial charge in [0, 0.05) is 18.8 Å². The summed E-state index contributed by atoms with van der Waals surface area (Å²) in [6.45, 7) is 3.39. The second-order valence-corrected chi connectivity index (χ2v) is 7.21. The second kappa shape index (κ2) is 6.73. The number of amides is 1. The number of hydrogen-bond donors (Lipinski definition) is 0. The third-order valence-electron chi connectivity index (χ3n) is 2.85. The summed E-state index contributed by atoms with van der Waals surface area (Å²) in [7, 11) is -3.39. The van der Waals surface area contributed by atoms with Gasteiger partial charge < -0.3 is 4.90 Å². The van der Waals surface area contributed by atoms with E-state index >= 15 is 0 Å². The molecule has 0 aromatic rings. The van der Waals surface area contributed by atoms with E-state index in [1.807, 2.05) is 0 Å². The molecular formula is C11H19F4NO3S. The van der Waals surface area contributed by atoms with Crippen molar-refractivity contribution in [2.24, 2.45) is 5.92 Å². The molecule has 0 spiro atoms. The largest absolute Gasteiger partial charge is 0.339 e. The normalized spacial score (nSPS) is 14.7. The molecule has 1 unspecified atom stereocenters. The first-order valence-electron chi connectivity index (χ1n) is 5.94. The maximum absolute atomic E-state index is 13.2. The molecule has 0 N–H and O–H groups in total. The van der Waals surface area contributed by atoms with Gasteiger partial charge in [0.2, 0.25) is 5.91 Å². The highest BCUT2D eigenvalue weighted by molar-refractivity contribution is 7.90. The molecule has 0 rings (SSSR count). The fraction of sp³-hybridized carbons (Fsp3) is 0.909. The van der Waals surface area contributed by atoms with Crippen LogP contribution in [0.15, 0.2) is 0 Å². The third kappa shape index (κ3) is 5.26. The van der Waals surface area contributed by atoms with Gasteiger partial charge in [-0.1, -0.05) is 0 Å². The Bertz CT molecular complexity index is 437. The summed E-state index contributed by atoms with van der Waals surface area (Å²) in [5.41, 5.74) is 0. The van der Waals surface area contributed by atoms with Gasteiger partial charge in [-0.25, -0.2) is 17.2 Å². The van der Waals surface area contributed by atoms with Crippen molar-refractivity contribution >= 4 is 15.7 Å². The van der Waals surface area contributed by atoms with E-state index in [1.165, 1.54) is 13.8 Å². The minimum Gasteiger partial charge on any atom is -0.339 e. The summed E-state index contributed by atoms with van der Waals surface area (Å²) in [6, 6.07) is -0.569. The fourth-order valence-corrected chi connectivity index (χ4v) is 2.02. The van der Waals surface area contributed by atoms with Crippen LogP contribution in [0.3, 0.4) is 0 Å². The Labute approximate surface area is 116 Å². The van der Waals surface area contributed by atoms with Gasteiger partial charge in [-0.05, 0) is 20.8 Å². The van der Waals surface area contributed by atoms with E-state index in [0.29, 0.717) is 6.92 Å². The van der Waals surface area contributed by atoms with Crippen molar-refractivity contribution in [3.63, 3.8) is 0 Å². The Balaban J connectivity index is 5.08. The summed E-state index contributed by atoms with van der Waals surface area (Å²) in [5, 5.41) is 0. The zero-order chi connectivity index (χ0) is 16.3. The number of rotatable bonds is 7. The molecular weight excluding hydrogens is 302 g/mol. The number of halogens is 4. The third-order valence-corrected chi connectivity index (χ3v) is 3.77. The maximum Gasteiger partial charge on any atom is 0.318 e. The molecule has 20 heavy (non-hydrogen) atoms. The first-order valence-corrected chi connectivity index (χ1v) is 8.01. The Morgan fingerprint density at radius 3 is 1.95 bits per heavy atom. The lowest BCUT2D eigenvalue weighted by molar-refractivity contribution is -0.180. The number of alkyl halides is 4. The molecule has 0 aromatic heterocycles. The molecule has 0 aromatic carbocycles. The van der Waals surface area contributed by atoms with Crippen LogP contribution < -0.4 is 0 Å². The molecule has 0 aliphatic carbocycles. The molecule has 0 fully saturated rings. The van der Waals surface area contributed by atoms with E-state index in [4.69, 9.17) is 0 Å². The zero-order valence-electron chi connectivity index (χ0n) is 11.7. The molecule has 0 aliphatic rings. The van der Waals surface area contributed by atoms with Crippen molar-refractivity contribution in [1.29, 1.82) is 0 Å². The topological polar surface area (TPSA) is 54.5 Å². The van der Waals surface area contributed by atoms with E-state index in [2.05, 4.69) is 0 Å². The number of hydrogen-bond acceptors (Lipinski definition) is 3. The zero-order valence-corrected chi connectivity index (χ0v) is 12.6. The monoisotopic (exact) mass is 321 g/mol. The van der Waals surface area contributed by atoms with Crippen LogP contribution in [0.4, 0.5) is 17.6 Å².